The highest BCUT2D eigenvalue weighted by atomic mass is 16.5. The van der Waals surface area contributed by atoms with Gasteiger partial charge in [0.1, 0.15) is 17.3 Å². The van der Waals surface area contributed by atoms with Gasteiger partial charge in [-0.1, -0.05) is 48.5 Å². The average molecular weight is 497 g/mol. The van der Waals surface area contributed by atoms with E-state index in [1.165, 1.54) is 0 Å². The Balaban J connectivity index is 1.64. The maximum atomic E-state index is 13.8. The van der Waals surface area contributed by atoms with Gasteiger partial charge in [0.15, 0.2) is 0 Å². The van der Waals surface area contributed by atoms with E-state index in [-0.39, 0.29) is 17.6 Å². The molecule has 0 saturated heterocycles. The summed E-state index contributed by atoms with van der Waals surface area (Å²) < 4.78 is 11.1. The molecule has 0 radical (unpaired) electrons. The number of ketones is 1. The number of methoxy groups -OCH3 is 2. The number of fused-ring (bicyclic) bond motifs is 1. The number of benzene rings is 2. The molecular weight excluding hydrogens is 466 g/mol. The van der Waals surface area contributed by atoms with E-state index in [1.54, 1.807) is 32.5 Å². The molecular formula is C30H30N3O4+. The molecule has 5 rings (SSSR count). The van der Waals surface area contributed by atoms with E-state index in [2.05, 4.69) is 21.7 Å². The van der Waals surface area contributed by atoms with Gasteiger partial charge in [-0.05, 0) is 24.6 Å². The molecule has 7 nitrogen and oxygen atoms in total. The minimum Gasteiger partial charge on any atom is -0.497 e. The summed E-state index contributed by atoms with van der Waals surface area (Å²) in [5.74, 6) is 0.426. The third-order valence-electron chi connectivity index (χ3n) is 7.07. The van der Waals surface area contributed by atoms with Crippen LogP contribution in [0.25, 0.3) is 0 Å². The summed E-state index contributed by atoms with van der Waals surface area (Å²) in [4.78, 5) is 30.6. The number of rotatable bonds is 6. The second-order valence-corrected chi connectivity index (χ2v) is 9.27. The van der Waals surface area contributed by atoms with Crippen LogP contribution in [0.1, 0.15) is 36.3 Å². The topological polar surface area (TPSA) is 90.8 Å². The second kappa shape index (κ2) is 10.3. The number of anilines is 1. The van der Waals surface area contributed by atoms with Crippen molar-refractivity contribution in [2.24, 2.45) is 5.92 Å². The van der Waals surface area contributed by atoms with Crippen LogP contribution in [0.15, 0.2) is 96.0 Å². The van der Waals surface area contributed by atoms with Crippen molar-refractivity contribution in [1.29, 1.82) is 0 Å². The Bertz CT molecular complexity index is 1380. The molecule has 0 saturated carbocycles. The van der Waals surface area contributed by atoms with Crippen molar-refractivity contribution in [1.82, 2.24) is 5.32 Å². The van der Waals surface area contributed by atoms with Gasteiger partial charge in [0.2, 0.25) is 0 Å². The van der Waals surface area contributed by atoms with E-state index < -0.39 is 11.8 Å². The summed E-state index contributed by atoms with van der Waals surface area (Å²) in [6, 6.07) is 21.0. The smallest absolute Gasteiger partial charge is 0.337 e. The van der Waals surface area contributed by atoms with Gasteiger partial charge in [0.25, 0.3) is 5.82 Å². The summed E-state index contributed by atoms with van der Waals surface area (Å²) >= 11 is 0. The molecule has 1 amide bonds. The van der Waals surface area contributed by atoms with Crippen LogP contribution in [0.3, 0.4) is 0 Å². The molecule has 188 valence electrons. The number of hydrogen-bond donors (Lipinski definition) is 2. The third-order valence-corrected chi connectivity index (χ3v) is 7.07. The minimum absolute atomic E-state index is 0.0343. The standard InChI is InChI=1S/C30H29N3O4/c1-18-27(30(35)33-26-11-7-8-14-31-26)28(22-13-12-21(36-2)17-25(22)37-3)29-23(32-18)15-20(16-24(29)34)19-9-5-4-6-10-19/h4-15,17,20,28-29,32H,16H2,1-3H3,(H,31,33,35)/p+1. The fourth-order valence-electron chi connectivity index (χ4n) is 5.36. The lowest BCUT2D eigenvalue weighted by atomic mass is 9.68. The zero-order valence-electron chi connectivity index (χ0n) is 21.1. The number of hydrogen-bond acceptors (Lipinski definition) is 5. The summed E-state index contributed by atoms with van der Waals surface area (Å²) in [5, 5.41) is 6.37. The van der Waals surface area contributed by atoms with Crippen molar-refractivity contribution in [3.8, 4) is 11.5 Å². The number of aromatic amines is 1. The molecule has 0 fully saturated rings. The summed E-state index contributed by atoms with van der Waals surface area (Å²) in [5.41, 5.74) is 3.85. The molecule has 2 aromatic carbocycles. The zero-order valence-corrected chi connectivity index (χ0v) is 21.1. The summed E-state index contributed by atoms with van der Waals surface area (Å²) in [6.07, 6.45) is 4.23. The Hall–Kier alpha value is -4.39. The zero-order chi connectivity index (χ0) is 25.9. The first kappa shape index (κ1) is 24.3. The fraction of sp³-hybridized carbons (Fsp3) is 0.233. The lowest BCUT2D eigenvalue weighted by Gasteiger charge is -2.39. The fourth-order valence-corrected chi connectivity index (χ4v) is 5.36. The molecule has 2 aliphatic rings. The first-order valence-electron chi connectivity index (χ1n) is 12.3. The van der Waals surface area contributed by atoms with Crippen molar-refractivity contribution in [3.05, 3.63) is 107 Å². The Morgan fingerprint density at radius 3 is 2.49 bits per heavy atom. The highest BCUT2D eigenvalue weighted by Crippen LogP contribution is 2.48. The normalized spacial score (nSPS) is 20.9. The molecule has 1 aromatic heterocycles. The van der Waals surface area contributed by atoms with Gasteiger partial charge in [0.05, 0.1) is 31.9 Å². The maximum absolute atomic E-state index is 13.8. The van der Waals surface area contributed by atoms with Crippen molar-refractivity contribution in [2.75, 3.05) is 19.5 Å². The van der Waals surface area contributed by atoms with Crippen molar-refractivity contribution in [2.45, 2.75) is 25.2 Å². The quantitative estimate of drug-likeness (QED) is 0.529. The lowest BCUT2D eigenvalue weighted by Crippen LogP contribution is -2.42. The first-order valence-corrected chi connectivity index (χ1v) is 12.3. The SMILES string of the molecule is COc1ccc(C2C(C(=O)Nc3cccc[nH+]3)=C(C)NC3=CC(c4ccccc4)CC(=O)C32)c(OC)c1. The highest BCUT2D eigenvalue weighted by molar-refractivity contribution is 6.06. The number of carbonyl (C=O) groups is 2. The first-order chi connectivity index (χ1) is 18.0. The molecule has 2 heterocycles. The van der Waals surface area contributed by atoms with Gasteiger partial charge in [-0.2, -0.15) is 0 Å². The van der Waals surface area contributed by atoms with E-state index >= 15 is 0 Å². The van der Waals surface area contributed by atoms with Crippen LogP contribution in [-0.2, 0) is 9.59 Å². The summed E-state index contributed by atoms with van der Waals surface area (Å²) in [6.45, 7) is 1.88. The number of ether oxygens (including phenoxy) is 2. The predicted molar refractivity (Wildman–Crippen MR) is 140 cm³/mol. The van der Waals surface area contributed by atoms with Gasteiger partial charge in [-0.25, -0.2) is 15.1 Å². The third kappa shape index (κ3) is 4.72. The van der Waals surface area contributed by atoms with Crippen LogP contribution in [0.2, 0.25) is 0 Å². The van der Waals surface area contributed by atoms with Crippen LogP contribution in [0.5, 0.6) is 11.5 Å². The monoisotopic (exact) mass is 496 g/mol. The van der Waals surface area contributed by atoms with Crippen LogP contribution in [0.4, 0.5) is 5.82 Å². The Kier molecular flexibility index (Phi) is 6.77. The van der Waals surface area contributed by atoms with Crippen molar-refractivity contribution < 1.29 is 24.0 Å². The van der Waals surface area contributed by atoms with Crippen molar-refractivity contribution in [3.63, 3.8) is 0 Å². The Morgan fingerprint density at radius 2 is 1.78 bits per heavy atom. The number of carbonyl (C=O) groups excluding carboxylic acids is 2. The van der Waals surface area contributed by atoms with Crippen LogP contribution in [-0.4, -0.2) is 25.9 Å². The maximum Gasteiger partial charge on any atom is 0.337 e. The molecule has 3 atom stereocenters. The molecule has 1 aliphatic heterocycles. The number of Topliss-reactive ketones (excluding diaryl/α,β-unsaturated/α-hetero) is 1. The minimum atomic E-state index is -0.550. The molecule has 0 bridgehead atoms. The number of nitrogens with one attached hydrogen (secondary N) is 3. The van der Waals surface area contributed by atoms with Crippen LogP contribution < -0.4 is 25.1 Å². The van der Waals surface area contributed by atoms with E-state index in [9.17, 15) is 9.59 Å². The molecule has 37 heavy (non-hydrogen) atoms. The van der Waals surface area contributed by atoms with Crippen LogP contribution in [0, 0.1) is 5.92 Å². The largest absolute Gasteiger partial charge is 0.497 e. The Morgan fingerprint density at radius 1 is 1.00 bits per heavy atom. The number of allylic oxidation sites excluding steroid dienone is 3. The second-order valence-electron chi connectivity index (χ2n) is 9.27. The summed E-state index contributed by atoms with van der Waals surface area (Å²) in [7, 11) is 3.17. The van der Waals surface area contributed by atoms with Gasteiger partial charge in [-0.15, -0.1) is 0 Å². The molecule has 3 aromatic rings. The molecule has 3 N–H and O–H groups in total. The number of pyridine rings is 1. The van der Waals surface area contributed by atoms with E-state index in [0.29, 0.717) is 35.0 Å². The van der Waals surface area contributed by atoms with Gasteiger partial charge in [-0.3, -0.25) is 4.79 Å². The van der Waals surface area contributed by atoms with Crippen LogP contribution >= 0.6 is 0 Å². The molecule has 0 spiro atoms. The van der Waals surface area contributed by atoms with Crippen molar-refractivity contribution >= 4 is 17.5 Å². The predicted octanol–water partition coefficient (Wildman–Crippen LogP) is 4.37. The number of aromatic nitrogens is 1. The number of H-pyrrole nitrogens is 1. The molecule has 1 aliphatic carbocycles. The lowest BCUT2D eigenvalue weighted by molar-refractivity contribution is -0.360. The van der Waals surface area contributed by atoms with Gasteiger partial charge in [0, 0.05) is 47.3 Å². The van der Waals surface area contributed by atoms with E-state index in [1.807, 2.05) is 61.5 Å². The van der Waals surface area contributed by atoms with E-state index in [4.69, 9.17) is 9.47 Å². The average Bonchev–Trinajstić information content (AvgIpc) is 2.92. The van der Waals surface area contributed by atoms with Gasteiger partial charge >= 0.3 is 5.91 Å². The molecule has 3 unspecified atom stereocenters. The van der Waals surface area contributed by atoms with Gasteiger partial charge < -0.3 is 14.8 Å². The van der Waals surface area contributed by atoms with E-state index in [0.717, 1.165) is 16.8 Å². The molecule has 7 heteroatoms. The Labute approximate surface area is 216 Å². The highest BCUT2D eigenvalue weighted by Gasteiger charge is 2.46. The number of amides is 1.